The van der Waals surface area contributed by atoms with Crippen molar-refractivity contribution in [3.63, 3.8) is 0 Å². The van der Waals surface area contributed by atoms with Crippen LogP contribution in [-0.2, 0) is 4.74 Å². The van der Waals surface area contributed by atoms with Crippen LogP contribution in [0.25, 0.3) is 0 Å². The third-order valence-electron chi connectivity index (χ3n) is 6.56. The highest BCUT2D eigenvalue weighted by molar-refractivity contribution is 5.62. The van der Waals surface area contributed by atoms with Gasteiger partial charge < -0.3 is 24.3 Å². The van der Waals surface area contributed by atoms with Crippen molar-refractivity contribution >= 4 is 5.69 Å². The average molecular weight is 408 g/mol. The Morgan fingerprint density at radius 2 is 1.97 bits per heavy atom. The first kappa shape index (κ1) is 19.3. The van der Waals surface area contributed by atoms with Gasteiger partial charge >= 0.3 is 0 Å². The van der Waals surface area contributed by atoms with E-state index < -0.39 is 0 Å². The molecule has 4 unspecified atom stereocenters. The number of anilines is 1. The van der Waals surface area contributed by atoms with E-state index in [0.717, 1.165) is 43.1 Å². The van der Waals surface area contributed by atoms with Crippen molar-refractivity contribution in [2.45, 2.75) is 37.3 Å². The minimum Gasteiger partial charge on any atom is -0.493 e. The van der Waals surface area contributed by atoms with E-state index in [2.05, 4.69) is 47.8 Å². The Kier molecular flexibility index (Phi) is 5.30. The molecule has 1 aliphatic carbocycles. The maximum absolute atomic E-state index is 6.06. The summed E-state index contributed by atoms with van der Waals surface area (Å²) in [4.78, 5) is 0. The molecule has 5 nitrogen and oxygen atoms in total. The molecule has 4 atom stereocenters. The lowest BCUT2D eigenvalue weighted by atomic mass is 9.77. The number of allylic oxidation sites excluding steroid dienone is 2. The van der Waals surface area contributed by atoms with Crippen LogP contribution in [0.4, 0.5) is 5.69 Å². The van der Waals surface area contributed by atoms with Crippen molar-refractivity contribution in [1.82, 2.24) is 0 Å². The normalized spacial score (nSPS) is 26.6. The van der Waals surface area contributed by atoms with Crippen molar-refractivity contribution in [3.8, 4) is 17.2 Å². The van der Waals surface area contributed by atoms with E-state index >= 15 is 0 Å². The quantitative estimate of drug-likeness (QED) is 0.676. The molecule has 5 rings (SSSR count). The van der Waals surface area contributed by atoms with Crippen LogP contribution in [0.5, 0.6) is 17.2 Å². The van der Waals surface area contributed by atoms with E-state index in [9.17, 15) is 0 Å². The van der Waals surface area contributed by atoms with Gasteiger partial charge in [0.1, 0.15) is 12.4 Å². The molecule has 158 valence electrons. The number of hydrogen-bond acceptors (Lipinski definition) is 5. The number of nitrogens with one attached hydrogen (secondary N) is 1. The van der Waals surface area contributed by atoms with Gasteiger partial charge in [-0.05, 0) is 66.6 Å². The van der Waals surface area contributed by atoms with Crippen molar-refractivity contribution in [1.29, 1.82) is 0 Å². The number of hydrogen-bond donors (Lipinski definition) is 1. The molecule has 2 aromatic carbocycles. The van der Waals surface area contributed by atoms with E-state index in [0.29, 0.717) is 18.4 Å². The first-order valence-corrected chi connectivity index (χ1v) is 10.8. The molecule has 0 spiro atoms. The summed E-state index contributed by atoms with van der Waals surface area (Å²) in [5, 5.41) is 3.78. The predicted molar refractivity (Wildman–Crippen MR) is 117 cm³/mol. The first-order valence-electron chi connectivity index (χ1n) is 10.8. The van der Waals surface area contributed by atoms with Gasteiger partial charge in [0.15, 0.2) is 11.5 Å². The van der Waals surface area contributed by atoms with E-state index in [-0.39, 0.29) is 12.1 Å². The van der Waals surface area contributed by atoms with Crippen LogP contribution < -0.4 is 19.5 Å². The molecule has 0 amide bonds. The standard InChI is InChI=1S/C25H29NO4/c1-27-23-11-8-16(13-24(23)28-2)25-20-7-3-6-19(20)21-14-17(9-10-22(21)26-25)30-15-18-5-4-12-29-18/h3,6,8-11,13-14,18-20,25-26H,4-5,7,12,15H2,1-2H3. The topological polar surface area (TPSA) is 49.0 Å². The smallest absolute Gasteiger partial charge is 0.161 e. The van der Waals surface area contributed by atoms with Crippen LogP contribution in [0.3, 0.4) is 0 Å². The molecular formula is C25H29NO4. The van der Waals surface area contributed by atoms with Gasteiger partial charge in [-0.25, -0.2) is 0 Å². The Labute approximate surface area is 178 Å². The largest absolute Gasteiger partial charge is 0.493 e. The Morgan fingerprint density at radius 1 is 1.07 bits per heavy atom. The molecule has 0 saturated carbocycles. The molecule has 1 N–H and O–H groups in total. The zero-order valence-electron chi connectivity index (χ0n) is 17.6. The summed E-state index contributed by atoms with van der Waals surface area (Å²) in [6, 6.07) is 12.9. The second-order valence-electron chi connectivity index (χ2n) is 8.29. The molecule has 0 aromatic heterocycles. The van der Waals surface area contributed by atoms with Gasteiger partial charge in [-0.1, -0.05) is 18.2 Å². The number of methoxy groups -OCH3 is 2. The van der Waals surface area contributed by atoms with Gasteiger partial charge in [0.05, 0.1) is 26.4 Å². The molecule has 2 aromatic rings. The molecule has 2 heterocycles. The van der Waals surface area contributed by atoms with Crippen LogP contribution in [0.2, 0.25) is 0 Å². The lowest BCUT2D eigenvalue weighted by Crippen LogP contribution is -2.29. The van der Waals surface area contributed by atoms with Crippen molar-refractivity contribution in [2.24, 2.45) is 5.92 Å². The molecule has 1 fully saturated rings. The molecular weight excluding hydrogens is 378 g/mol. The van der Waals surface area contributed by atoms with Gasteiger partial charge in [0.2, 0.25) is 0 Å². The lowest BCUT2D eigenvalue weighted by Gasteiger charge is -2.38. The van der Waals surface area contributed by atoms with E-state index in [1.807, 2.05) is 6.07 Å². The van der Waals surface area contributed by atoms with Crippen LogP contribution in [-0.4, -0.2) is 33.5 Å². The number of benzene rings is 2. The monoisotopic (exact) mass is 407 g/mol. The predicted octanol–water partition coefficient (Wildman–Crippen LogP) is 5.09. The summed E-state index contributed by atoms with van der Waals surface area (Å²) in [7, 11) is 3.35. The van der Waals surface area contributed by atoms with Gasteiger partial charge in [0.25, 0.3) is 0 Å². The lowest BCUT2D eigenvalue weighted by molar-refractivity contribution is 0.0679. The summed E-state index contributed by atoms with van der Waals surface area (Å²) < 4.78 is 22.7. The van der Waals surface area contributed by atoms with Crippen LogP contribution >= 0.6 is 0 Å². The fourth-order valence-electron chi connectivity index (χ4n) is 5.00. The van der Waals surface area contributed by atoms with Gasteiger partial charge in [0, 0.05) is 18.2 Å². The maximum atomic E-state index is 6.06. The van der Waals surface area contributed by atoms with Crippen LogP contribution in [0, 0.1) is 5.92 Å². The summed E-state index contributed by atoms with van der Waals surface area (Å²) in [5.74, 6) is 3.29. The zero-order valence-corrected chi connectivity index (χ0v) is 17.6. The van der Waals surface area contributed by atoms with Gasteiger partial charge in [-0.2, -0.15) is 0 Å². The highest BCUT2D eigenvalue weighted by Gasteiger charge is 2.38. The molecule has 0 bridgehead atoms. The second kappa shape index (κ2) is 8.23. The minimum atomic E-state index is 0.218. The summed E-state index contributed by atoms with van der Waals surface area (Å²) in [6.07, 6.45) is 8.16. The molecule has 2 aliphatic heterocycles. The van der Waals surface area contributed by atoms with E-state index in [1.54, 1.807) is 14.2 Å². The van der Waals surface area contributed by atoms with Crippen LogP contribution in [0.15, 0.2) is 48.6 Å². The maximum Gasteiger partial charge on any atom is 0.161 e. The highest BCUT2D eigenvalue weighted by Crippen LogP contribution is 2.51. The fourth-order valence-corrected chi connectivity index (χ4v) is 5.00. The number of ether oxygens (including phenoxy) is 4. The summed E-state index contributed by atoms with van der Waals surface area (Å²) >= 11 is 0. The summed E-state index contributed by atoms with van der Waals surface area (Å²) in [5.41, 5.74) is 3.71. The second-order valence-corrected chi connectivity index (χ2v) is 8.29. The molecule has 30 heavy (non-hydrogen) atoms. The third kappa shape index (κ3) is 3.52. The summed E-state index contributed by atoms with van der Waals surface area (Å²) in [6.45, 7) is 1.48. The Morgan fingerprint density at radius 3 is 2.77 bits per heavy atom. The number of fused-ring (bicyclic) bond motifs is 3. The van der Waals surface area contributed by atoms with Crippen LogP contribution in [0.1, 0.15) is 42.3 Å². The SMILES string of the molecule is COc1ccc(C2Nc3ccc(OCC4CCCO4)cc3C3C=CCC32)cc1OC. The van der Waals surface area contributed by atoms with Crippen molar-refractivity contribution < 1.29 is 18.9 Å². The molecule has 0 radical (unpaired) electrons. The Bertz CT molecular complexity index is 935. The first-order chi connectivity index (χ1) is 14.8. The molecule has 5 heteroatoms. The van der Waals surface area contributed by atoms with Crippen molar-refractivity contribution in [3.05, 3.63) is 59.7 Å². The van der Waals surface area contributed by atoms with Gasteiger partial charge in [-0.3, -0.25) is 0 Å². The minimum absolute atomic E-state index is 0.218. The Balaban J connectivity index is 1.40. The van der Waals surface area contributed by atoms with Crippen molar-refractivity contribution in [2.75, 3.05) is 32.8 Å². The highest BCUT2D eigenvalue weighted by atomic mass is 16.5. The molecule has 1 saturated heterocycles. The fraction of sp³-hybridized carbons (Fsp3) is 0.440. The molecule has 3 aliphatic rings. The van der Waals surface area contributed by atoms with E-state index in [4.69, 9.17) is 18.9 Å². The average Bonchev–Trinajstić information content (AvgIpc) is 3.49. The zero-order chi connectivity index (χ0) is 20.5. The Hall–Kier alpha value is -2.66. The van der Waals surface area contributed by atoms with E-state index in [1.165, 1.54) is 16.8 Å². The third-order valence-corrected chi connectivity index (χ3v) is 6.56. The van der Waals surface area contributed by atoms with Gasteiger partial charge in [-0.15, -0.1) is 0 Å². The number of rotatable bonds is 6.